The van der Waals surface area contributed by atoms with Crippen LogP contribution in [-0.4, -0.2) is 12.6 Å². The summed E-state index contributed by atoms with van der Waals surface area (Å²) >= 11 is 1.32. The summed E-state index contributed by atoms with van der Waals surface area (Å²) in [5, 5.41) is 0.870. The van der Waals surface area contributed by atoms with Gasteiger partial charge < -0.3 is 4.74 Å². The number of rotatable bonds is 1. The lowest BCUT2D eigenvalue weighted by Gasteiger charge is -1.89. The van der Waals surface area contributed by atoms with E-state index in [1.165, 1.54) is 11.6 Å². The number of hydrogen-bond acceptors (Lipinski definition) is 3. The SMILES string of the molecule is CC#CCOC1=NC(=CC)[S+]=N1. The fourth-order valence-electron chi connectivity index (χ4n) is 0.570. The Balaban J connectivity index is 2.45. The average molecular weight is 181 g/mol. The highest BCUT2D eigenvalue weighted by molar-refractivity contribution is 7.73. The van der Waals surface area contributed by atoms with Crippen molar-refractivity contribution in [3.05, 3.63) is 11.1 Å². The molecule has 4 heteroatoms. The van der Waals surface area contributed by atoms with Crippen LogP contribution in [0.4, 0.5) is 0 Å². The maximum Gasteiger partial charge on any atom is 0.390 e. The zero-order valence-corrected chi connectivity index (χ0v) is 7.81. The Kier molecular flexibility index (Phi) is 3.42. The molecule has 1 aliphatic heterocycles. The zero-order chi connectivity index (χ0) is 8.81. The van der Waals surface area contributed by atoms with Crippen LogP contribution in [-0.2, 0) is 16.3 Å². The van der Waals surface area contributed by atoms with Gasteiger partial charge in [0, 0.05) is 6.08 Å². The van der Waals surface area contributed by atoms with Crippen LogP contribution in [0.2, 0.25) is 0 Å². The van der Waals surface area contributed by atoms with E-state index in [9.17, 15) is 0 Å². The lowest BCUT2D eigenvalue weighted by Crippen LogP contribution is -1.98. The standard InChI is InChI=1S/C8H9N2OS/c1-3-5-6-11-8-9-7(4-2)12-10-8/h4H,6H2,1-2H3/q+1. The van der Waals surface area contributed by atoms with Gasteiger partial charge in [0.15, 0.2) is 6.61 Å². The molecule has 1 heterocycles. The van der Waals surface area contributed by atoms with Gasteiger partial charge in [-0.2, -0.15) is 0 Å². The second-order valence-corrected chi connectivity index (χ2v) is 2.70. The quantitative estimate of drug-likeness (QED) is 0.446. The predicted octanol–water partition coefficient (Wildman–Crippen LogP) is 1.52. The number of amidine groups is 1. The van der Waals surface area contributed by atoms with E-state index in [1.54, 1.807) is 6.92 Å². The highest BCUT2D eigenvalue weighted by atomic mass is 32.1. The van der Waals surface area contributed by atoms with Crippen molar-refractivity contribution in [1.82, 2.24) is 0 Å². The van der Waals surface area contributed by atoms with Crippen LogP contribution in [0.1, 0.15) is 13.8 Å². The Morgan fingerprint density at radius 3 is 3.08 bits per heavy atom. The summed E-state index contributed by atoms with van der Waals surface area (Å²) in [4.78, 5) is 4.06. The van der Waals surface area contributed by atoms with E-state index in [0.717, 1.165) is 5.03 Å². The molecule has 0 aromatic rings. The van der Waals surface area contributed by atoms with Crippen molar-refractivity contribution in [2.45, 2.75) is 13.8 Å². The van der Waals surface area contributed by atoms with Crippen molar-refractivity contribution in [1.29, 1.82) is 0 Å². The average Bonchev–Trinajstić information content (AvgIpc) is 2.53. The Bertz CT molecular complexity index is 307. The molecule has 1 rings (SSSR count). The van der Waals surface area contributed by atoms with Crippen molar-refractivity contribution in [2.24, 2.45) is 9.36 Å². The van der Waals surface area contributed by atoms with Gasteiger partial charge in [0.25, 0.3) is 0 Å². The van der Waals surface area contributed by atoms with Crippen LogP contribution in [0.15, 0.2) is 20.5 Å². The van der Waals surface area contributed by atoms with Gasteiger partial charge in [0.1, 0.15) is 0 Å². The van der Waals surface area contributed by atoms with Crippen molar-refractivity contribution in [3.8, 4) is 11.8 Å². The molecule has 1 aliphatic rings. The first-order valence-corrected chi connectivity index (χ1v) is 4.29. The second kappa shape index (κ2) is 4.62. The minimum Gasteiger partial charge on any atom is -0.447 e. The van der Waals surface area contributed by atoms with Crippen molar-refractivity contribution < 1.29 is 4.74 Å². The predicted molar refractivity (Wildman–Crippen MR) is 50.4 cm³/mol. The molecule has 0 aromatic heterocycles. The van der Waals surface area contributed by atoms with Gasteiger partial charge in [-0.05, 0) is 13.8 Å². The summed E-state index contributed by atoms with van der Waals surface area (Å²) in [5.41, 5.74) is 0. The first-order valence-electron chi connectivity index (χ1n) is 3.52. The lowest BCUT2D eigenvalue weighted by atomic mass is 10.6. The number of ether oxygens (including phenoxy) is 1. The van der Waals surface area contributed by atoms with Crippen LogP contribution < -0.4 is 0 Å². The molecule has 3 nitrogen and oxygen atoms in total. The third-order valence-electron chi connectivity index (χ3n) is 1.12. The van der Waals surface area contributed by atoms with Gasteiger partial charge in [0.05, 0.1) is 4.36 Å². The summed E-state index contributed by atoms with van der Waals surface area (Å²) in [6.45, 7) is 4.04. The minimum absolute atomic E-state index is 0.358. The molecule has 0 radical (unpaired) electrons. The number of hydrogen-bond donors (Lipinski definition) is 0. The van der Waals surface area contributed by atoms with E-state index in [1.807, 2.05) is 13.0 Å². The Morgan fingerprint density at radius 1 is 1.67 bits per heavy atom. The summed E-state index contributed by atoms with van der Waals surface area (Å²) < 4.78 is 9.09. The molecule has 0 amide bonds. The van der Waals surface area contributed by atoms with Crippen LogP contribution in [0, 0.1) is 11.8 Å². The van der Waals surface area contributed by atoms with Crippen molar-refractivity contribution >= 4 is 17.6 Å². The normalized spacial score (nSPS) is 17.2. The highest BCUT2D eigenvalue weighted by Crippen LogP contribution is 2.06. The number of nitrogens with zero attached hydrogens (tertiary/aromatic N) is 2. The summed E-state index contributed by atoms with van der Waals surface area (Å²) in [6.07, 6.45) is 1.88. The van der Waals surface area contributed by atoms with Gasteiger partial charge >= 0.3 is 22.6 Å². The number of allylic oxidation sites excluding steroid dienone is 1. The molecule has 0 saturated heterocycles. The smallest absolute Gasteiger partial charge is 0.390 e. The van der Waals surface area contributed by atoms with Crippen LogP contribution in [0.5, 0.6) is 0 Å². The summed E-state index contributed by atoms with van der Waals surface area (Å²) in [7, 11) is 0. The van der Waals surface area contributed by atoms with E-state index in [2.05, 4.69) is 21.2 Å². The summed E-state index contributed by atoms with van der Waals surface area (Å²) in [6, 6.07) is 0.413. The molecule has 0 spiro atoms. The van der Waals surface area contributed by atoms with E-state index in [0.29, 0.717) is 12.6 Å². The molecular weight excluding hydrogens is 172 g/mol. The molecule has 0 atom stereocenters. The summed E-state index contributed by atoms with van der Waals surface area (Å²) in [5.74, 6) is 5.49. The van der Waals surface area contributed by atoms with Gasteiger partial charge in [-0.3, -0.25) is 0 Å². The van der Waals surface area contributed by atoms with Crippen LogP contribution in [0.25, 0.3) is 0 Å². The fraction of sp³-hybridized carbons (Fsp3) is 0.375. The molecule has 0 fully saturated rings. The molecule has 0 bridgehead atoms. The van der Waals surface area contributed by atoms with Crippen LogP contribution in [0.3, 0.4) is 0 Å². The molecule has 62 valence electrons. The number of aliphatic imine (C=N–C) groups is 1. The Morgan fingerprint density at radius 2 is 2.50 bits per heavy atom. The lowest BCUT2D eigenvalue weighted by molar-refractivity contribution is 0.353. The van der Waals surface area contributed by atoms with E-state index < -0.39 is 0 Å². The molecular formula is C8H9N2OS+. The first-order chi connectivity index (χ1) is 5.86. The molecule has 0 unspecified atom stereocenters. The topological polar surface area (TPSA) is 34.0 Å². The van der Waals surface area contributed by atoms with Crippen LogP contribution >= 0.6 is 0 Å². The molecule has 12 heavy (non-hydrogen) atoms. The largest absolute Gasteiger partial charge is 0.447 e. The van der Waals surface area contributed by atoms with Gasteiger partial charge in [-0.1, -0.05) is 5.92 Å². The third kappa shape index (κ3) is 2.44. The second-order valence-electron chi connectivity index (χ2n) is 1.92. The molecule has 0 aliphatic carbocycles. The van der Waals surface area contributed by atoms with Gasteiger partial charge in [0.2, 0.25) is 0 Å². The van der Waals surface area contributed by atoms with E-state index in [4.69, 9.17) is 4.74 Å². The Hall–Kier alpha value is -1.21. The van der Waals surface area contributed by atoms with Crippen molar-refractivity contribution in [3.63, 3.8) is 0 Å². The maximum absolute atomic E-state index is 5.12. The van der Waals surface area contributed by atoms with E-state index >= 15 is 0 Å². The Labute approximate surface area is 75.7 Å². The minimum atomic E-state index is 0.358. The van der Waals surface area contributed by atoms with Gasteiger partial charge in [-0.25, -0.2) is 0 Å². The monoisotopic (exact) mass is 181 g/mol. The maximum atomic E-state index is 5.12. The molecule has 0 N–H and O–H groups in total. The van der Waals surface area contributed by atoms with Crippen molar-refractivity contribution in [2.75, 3.05) is 6.61 Å². The molecule has 0 aromatic carbocycles. The van der Waals surface area contributed by atoms with Gasteiger partial charge in [-0.15, -0.1) is 10.9 Å². The third-order valence-corrected chi connectivity index (χ3v) is 1.88. The van der Waals surface area contributed by atoms with E-state index in [-0.39, 0.29) is 0 Å². The first kappa shape index (κ1) is 8.88. The fourth-order valence-corrected chi connectivity index (χ4v) is 1.06. The molecule has 0 saturated carbocycles. The highest BCUT2D eigenvalue weighted by Gasteiger charge is 2.20. The zero-order valence-electron chi connectivity index (χ0n) is 7.00.